The van der Waals surface area contributed by atoms with Gasteiger partial charge in [-0.25, -0.2) is 0 Å². The van der Waals surface area contributed by atoms with Gasteiger partial charge in [-0.15, -0.1) is 0 Å². The highest BCUT2D eigenvalue weighted by Gasteiger charge is 2.23. The molecule has 0 unspecified atom stereocenters. The van der Waals surface area contributed by atoms with E-state index in [9.17, 15) is 0 Å². The summed E-state index contributed by atoms with van der Waals surface area (Å²) in [6.45, 7) is 51.2. The van der Waals surface area contributed by atoms with Crippen LogP contribution in [0.15, 0.2) is 56.4 Å². The topological polar surface area (TPSA) is 51.8 Å². The molecule has 0 amide bonds. The van der Waals surface area contributed by atoms with E-state index in [2.05, 4.69) is 149 Å². The summed E-state index contributed by atoms with van der Waals surface area (Å²) in [5, 5.41) is 6.97. The third-order valence-corrected chi connectivity index (χ3v) is 12.0. The Kier molecular flexibility index (Phi) is 25.7. The van der Waals surface area contributed by atoms with Gasteiger partial charge in [0.05, 0.1) is 37.1 Å². The van der Waals surface area contributed by atoms with Gasteiger partial charge >= 0.3 is 0 Å². The Labute approximate surface area is 362 Å². The minimum atomic E-state index is 0.558. The Morgan fingerprint density at radius 1 is 0.328 bits per heavy atom. The van der Waals surface area contributed by atoms with E-state index < -0.39 is 0 Å². The molecule has 0 aliphatic carbocycles. The minimum Gasteiger partial charge on any atom is -0.498 e. The van der Waals surface area contributed by atoms with Crippen LogP contribution in [0.4, 0.5) is 0 Å². The molecule has 0 bridgehead atoms. The maximum absolute atomic E-state index is 5.69. The SMILES string of the molecule is CC(C)C1=C(C(C)C)CNCC1.CC(C)C1=C(C(C)C)NCCC1.CC(C)C1=C(C(C)C)OCC1.CC(C)C1=C(C(C)C)OCC1.CC(C)C1=C(C(C)C)OCCC1. The average Bonchev–Trinajstić information content (AvgIpc) is 3.88. The molecule has 58 heavy (non-hydrogen) atoms. The third-order valence-electron chi connectivity index (χ3n) is 12.0. The zero-order chi connectivity index (χ0) is 44.3. The van der Waals surface area contributed by atoms with Crippen molar-refractivity contribution in [3.05, 3.63) is 56.4 Å². The zero-order valence-electron chi connectivity index (χ0n) is 42.2. The first-order valence-corrected chi connectivity index (χ1v) is 24.1. The van der Waals surface area contributed by atoms with E-state index in [1.807, 2.05) is 0 Å². The fourth-order valence-corrected chi connectivity index (χ4v) is 8.85. The van der Waals surface area contributed by atoms with Crippen molar-refractivity contribution in [3.8, 4) is 0 Å². The molecule has 0 aromatic rings. The first-order chi connectivity index (χ1) is 27.1. The summed E-state index contributed by atoms with van der Waals surface area (Å²) in [6, 6.07) is 0. The number of rotatable bonds is 10. The van der Waals surface area contributed by atoms with Gasteiger partial charge in [-0.2, -0.15) is 0 Å². The molecular weight excluding hydrogens is 713 g/mol. The highest BCUT2D eigenvalue weighted by Crippen LogP contribution is 2.32. The van der Waals surface area contributed by atoms with Crippen molar-refractivity contribution in [3.63, 3.8) is 0 Å². The summed E-state index contributed by atoms with van der Waals surface area (Å²) in [6.07, 6.45) is 8.60. The molecule has 5 heteroatoms. The molecule has 5 heterocycles. The Morgan fingerprint density at radius 2 is 0.707 bits per heavy atom. The van der Waals surface area contributed by atoms with E-state index in [1.54, 1.807) is 16.7 Å². The van der Waals surface area contributed by atoms with Crippen molar-refractivity contribution >= 4 is 0 Å². The highest BCUT2D eigenvalue weighted by molar-refractivity contribution is 5.22. The van der Waals surface area contributed by atoms with E-state index in [-0.39, 0.29) is 0 Å². The predicted molar refractivity (Wildman–Crippen MR) is 255 cm³/mol. The lowest BCUT2D eigenvalue weighted by molar-refractivity contribution is 0.156. The minimum absolute atomic E-state index is 0.558. The zero-order valence-corrected chi connectivity index (χ0v) is 42.2. The number of hydrogen-bond donors (Lipinski definition) is 2. The fourth-order valence-electron chi connectivity index (χ4n) is 8.85. The Bertz CT molecular complexity index is 1110. The van der Waals surface area contributed by atoms with Crippen LogP contribution in [-0.2, 0) is 14.2 Å². The van der Waals surface area contributed by atoms with E-state index >= 15 is 0 Å². The van der Waals surface area contributed by atoms with Gasteiger partial charge in [-0.05, 0) is 102 Å². The summed E-state index contributed by atoms with van der Waals surface area (Å²) in [4.78, 5) is 0. The monoisotopic (exact) mass is 811 g/mol. The second-order valence-corrected chi connectivity index (χ2v) is 20.3. The van der Waals surface area contributed by atoms with E-state index in [0.29, 0.717) is 41.4 Å². The third kappa shape index (κ3) is 18.2. The van der Waals surface area contributed by atoms with Crippen LogP contribution in [0.25, 0.3) is 0 Å². The molecule has 5 rings (SSSR count). The van der Waals surface area contributed by atoms with E-state index in [1.165, 1.54) is 84.9 Å². The second-order valence-electron chi connectivity index (χ2n) is 20.3. The van der Waals surface area contributed by atoms with Gasteiger partial charge < -0.3 is 24.8 Å². The molecule has 338 valence electrons. The first-order valence-electron chi connectivity index (χ1n) is 24.1. The Morgan fingerprint density at radius 3 is 1.02 bits per heavy atom. The van der Waals surface area contributed by atoms with Crippen LogP contribution in [0.5, 0.6) is 0 Å². The molecule has 0 radical (unpaired) electrons. The van der Waals surface area contributed by atoms with Crippen molar-refractivity contribution in [1.29, 1.82) is 0 Å². The quantitative estimate of drug-likeness (QED) is 0.215. The lowest BCUT2D eigenvalue weighted by atomic mass is 9.86. The fraction of sp³-hybridized carbons (Fsp3) is 0.811. The molecule has 5 aliphatic rings. The number of hydrogen-bond acceptors (Lipinski definition) is 5. The summed E-state index contributed by atoms with van der Waals surface area (Å²) in [5.41, 5.74) is 11.1. The molecule has 0 fully saturated rings. The number of ether oxygens (including phenoxy) is 3. The maximum atomic E-state index is 5.69. The molecule has 2 N–H and O–H groups in total. The largest absolute Gasteiger partial charge is 0.498 e. The molecule has 0 aromatic heterocycles. The first kappa shape index (κ1) is 53.9. The molecule has 5 aliphatic heterocycles. The molecule has 5 nitrogen and oxygen atoms in total. The predicted octanol–water partition coefficient (Wildman–Crippen LogP) is 14.8. The van der Waals surface area contributed by atoms with Crippen molar-refractivity contribution in [2.75, 3.05) is 39.5 Å². The Balaban J connectivity index is 0.000000363. The van der Waals surface area contributed by atoms with Gasteiger partial charge in [0.2, 0.25) is 0 Å². The van der Waals surface area contributed by atoms with Crippen LogP contribution >= 0.6 is 0 Å². The molecule has 0 saturated heterocycles. The lowest BCUT2D eigenvalue weighted by Crippen LogP contribution is -2.28. The molecule has 0 saturated carbocycles. The van der Waals surface area contributed by atoms with E-state index in [4.69, 9.17) is 14.2 Å². The van der Waals surface area contributed by atoms with Gasteiger partial charge in [0, 0.05) is 49.4 Å². The van der Waals surface area contributed by atoms with Crippen LogP contribution in [0.3, 0.4) is 0 Å². The summed E-state index contributed by atoms with van der Waals surface area (Å²) in [5.74, 6) is 10.3. The van der Waals surface area contributed by atoms with Crippen LogP contribution in [0.1, 0.15) is 183 Å². The van der Waals surface area contributed by atoms with Crippen LogP contribution in [-0.4, -0.2) is 39.5 Å². The van der Waals surface area contributed by atoms with Gasteiger partial charge in [0.1, 0.15) is 0 Å². The second kappa shape index (κ2) is 27.7. The van der Waals surface area contributed by atoms with Crippen LogP contribution in [0.2, 0.25) is 0 Å². The highest BCUT2D eigenvalue weighted by atomic mass is 16.5. The van der Waals surface area contributed by atoms with Gasteiger partial charge in [-0.1, -0.05) is 150 Å². The van der Waals surface area contributed by atoms with Gasteiger partial charge in [0.15, 0.2) is 0 Å². The molecule has 0 aromatic carbocycles. The summed E-state index contributed by atoms with van der Waals surface area (Å²) >= 11 is 0. The van der Waals surface area contributed by atoms with Crippen molar-refractivity contribution in [2.45, 2.75) is 183 Å². The van der Waals surface area contributed by atoms with Crippen molar-refractivity contribution in [1.82, 2.24) is 10.6 Å². The number of nitrogens with one attached hydrogen (secondary N) is 2. The average molecular weight is 811 g/mol. The van der Waals surface area contributed by atoms with Gasteiger partial charge in [-0.3, -0.25) is 0 Å². The summed E-state index contributed by atoms with van der Waals surface area (Å²) in [7, 11) is 0. The normalized spacial score (nSPS) is 18.8. The maximum Gasteiger partial charge on any atom is 0.0981 e. The van der Waals surface area contributed by atoms with Crippen LogP contribution < -0.4 is 10.6 Å². The van der Waals surface area contributed by atoms with Crippen molar-refractivity contribution < 1.29 is 14.2 Å². The Hall–Kier alpha value is -2.14. The lowest BCUT2D eigenvalue weighted by Gasteiger charge is -2.27. The smallest absolute Gasteiger partial charge is 0.0981 e. The van der Waals surface area contributed by atoms with E-state index in [0.717, 1.165) is 57.0 Å². The van der Waals surface area contributed by atoms with Crippen LogP contribution in [0, 0.1) is 59.2 Å². The molecule has 0 spiro atoms. The summed E-state index contributed by atoms with van der Waals surface area (Å²) < 4.78 is 16.8. The molecular formula is C53H98N2O3. The molecule has 0 atom stereocenters. The van der Waals surface area contributed by atoms with Gasteiger partial charge in [0.25, 0.3) is 0 Å². The standard InChI is InChI=1S/2C11H21N.C11H20O.2C10H18O/c1-8(2)10-5-6-12-7-11(10)9(3)4;2*1-8(2)10-6-5-7-12-11(10)9(3)4;2*1-7(2)9-5-6-11-10(9)8(3)4/h2*8-9,12H,5-7H2,1-4H3;8-9H,5-7H2,1-4H3;2*7-8H,5-6H2,1-4H3. The number of allylic oxidation sites excluding steroid dienone is 6. The van der Waals surface area contributed by atoms with Crippen molar-refractivity contribution in [2.24, 2.45) is 59.2 Å².